The molecule has 1 unspecified atom stereocenters. The molecule has 29 heavy (non-hydrogen) atoms. The molecule has 0 saturated carbocycles. The average molecular weight is 396 g/mol. The third kappa shape index (κ3) is 6.51. The van der Waals surface area contributed by atoms with E-state index in [0.29, 0.717) is 5.92 Å². The Hall–Kier alpha value is -2.51. The molecule has 0 bridgehead atoms. The summed E-state index contributed by atoms with van der Waals surface area (Å²) in [6, 6.07) is 8.20. The van der Waals surface area contributed by atoms with Crippen molar-refractivity contribution in [2.24, 2.45) is 5.92 Å². The zero-order valence-corrected chi connectivity index (χ0v) is 18.1. The highest BCUT2D eigenvalue weighted by atomic mass is 19.3. The van der Waals surface area contributed by atoms with Crippen molar-refractivity contribution in [1.82, 2.24) is 4.98 Å². The van der Waals surface area contributed by atoms with E-state index in [2.05, 4.69) is 50.2 Å². The molecule has 2 aromatic rings. The van der Waals surface area contributed by atoms with Crippen molar-refractivity contribution >= 4 is 6.08 Å². The summed E-state index contributed by atoms with van der Waals surface area (Å²) in [4.78, 5) is 4.44. The van der Waals surface area contributed by atoms with Crippen LogP contribution in [0.5, 0.6) is 0 Å². The van der Waals surface area contributed by atoms with Crippen LogP contribution >= 0.6 is 0 Å². The fourth-order valence-corrected chi connectivity index (χ4v) is 3.50. The van der Waals surface area contributed by atoms with E-state index in [1.165, 1.54) is 5.56 Å². The molecule has 1 aromatic heterocycles. The molecule has 2 rings (SSSR count). The van der Waals surface area contributed by atoms with Crippen molar-refractivity contribution in [1.29, 1.82) is 0 Å². The average Bonchev–Trinajstić information content (AvgIpc) is 2.62. The minimum absolute atomic E-state index is 0.142. The molecule has 0 aliphatic heterocycles. The van der Waals surface area contributed by atoms with Gasteiger partial charge >= 0.3 is 0 Å². The number of rotatable bonds is 8. The van der Waals surface area contributed by atoms with E-state index in [0.717, 1.165) is 41.3 Å². The second-order valence-corrected chi connectivity index (χ2v) is 8.22. The standard InChI is InChI=1S/C26H31F2N/c1-7-9-22-19(4)11-14-24(25(22)16-18(2)3)23(10-8-15-26(6,27)28)21-13-12-20(5)29-17-21/h8-14,17-18,23H,1,15-16H2,2-6H3/b10-8-. The van der Waals surface area contributed by atoms with Crippen molar-refractivity contribution < 1.29 is 8.78 Å². The van der Waals surface area contributed by atoms with E-state index in [1.807, 2.05) is 37.4 Å². The van der Waals surface area contributed by atoms with Crippen LogP contribution < -0.4 is 0 Å². The number of halogens is 2. The lowest BCUT2D eigenvalue weighted by atomic mass is 9.82. The lowest BCUT2D eigenvalue weighted by molar-refractivity contribution is 0.0254. The number of hydrogen-bond acceptors (Lipinski definition) is 1. The molecule has 0 fully saturated rings. The van der Waals surface area contributed by atoms with E-state index in [4.69, 9.17) is 0 Å². The molecular formula is C26H31F2N. The van der Waals surface area contributed by atoms with E-state index in [1.54, 1.807) is 6.08 Å². The Balaban J connectivity index is 2.67. The van der Waals surface area contributed by atoms with Gasteiger partial charge in [0.15, 0.2) is 0 Å². The molecule has 3 heteroatoms. The van der Waals surface area contributed by atoms with Gasteiger partial charge in [-0.3, -0.25) is 4.98 Å². The van der Waals surface area contributed by atoms with Gasteiger partial charge in [-0.25, -0.2) is 8.78 Å². The summed E-state index contributed by atoms with van der Waals surface area (Å²) < 4.78 is 26.8. The number of hydrogen-bond donors (Lipinski definition) is 0. The third-order valence-electron chi connectivity index (χ3n) is 4.90. The second kappa shape index (κ2) is 9.80. The minimum Gasteiger partial charge on any atom is -0.261 e. The fraction of sp³-hybridized carbons (Fsp3) is 0.385. The van der Waals surface area contributed by atoms with E-state index >= 15 is 0 Å². The van der Waals surface area contributed by atoms with Crippen molar-refractivity contribution in [3.05, 3.63) is 88.4 Å². The summed E-state index contributed by atoms with van der Waals surface area (Å²) in [6.45, 7) is 13.1. The molecular weight excluding hydrogens is 364 g/mol. The van der Waals surface area contributed by atoms with Crippen molar-refractivity contribution in [3.8, 4) is 0 Å². The van der Waals surface area contributed by atoms with Gasteiger partial charge in [-0.15, -0.1) is 5.73 Å². The summed E-state index contributed by atoms with van der Waals surface area (Å²) in [7, 11) is 0. The van der Waals surface area contributed by atoms with Gasteiger partial charge in [-0.2, -0.15) is 0 Å². The van der Waals surface area contributed by atoms with Crippen LogP contribution in [0.15, 0.2) is 54.9 Å². The maximum absolute atomic E-state index is 13.4. The Bertz CT molecular complexity index is 896. The number of nitrogens with zero attached hydrogens (tertiary/aromatic N) is 1. The van der Waals surface area contributed by atoms with Gasteiger partial charge in [-0.1, -0.05) is 50.8 Å². The summed E-state index contributed by atoms with van der Waals surface area (Å²) in [5, 5.41) is 0. The Morgan fingerprint density at radius 2 is 1.90 bits per heavy atom. The molecule has 0 aliphatic rings. The van der Waals surface area contributed by atoms with E-state index in [9.17, 15) is 8.78 Å². The van der Waals surface area contributed by atoms with Crippen LogP contribution in [0, 0.1) is 19.8 Å². The van der Waals surface area contributed by atoms with Gasteiger partial charge < -0.3 is 0 Å². The highest BCUT2D eigenvalue weighted by Gasteiger charge is 2.21. The van der Waals surface area contributed by atoms with E-state index < -0.39 is 5.92 Å². The molecule has 154 valence electrons. The van der Waals surface area contributed by atoms with Crippen LogP contribution in [0.25, 0.3) is 6.08 Å². The zero-order valence-electron chi connectivity index (χ0n) is 18.1. The summed E-state index contributed by atoms with van der Waals surface area (Å²) >= 11 is 0. The fourth-order valence-electron chi connectivity index (χ4n) is 3.50. The number of pyridine rings is 1. The van der Waals surface area contributed by atoms with Crippen molar-refractivity contribution in [2.45, 2.75) is 59.3 Å². The Morgan fingerprint density at radius 3 is 2.45 bits per heavy atom. The van der Waals surface area contributed by atoms with Crippen molar-refractivity contribution in [2.75, 3.05) is 0 Å². The van der Waals surface area contributed by atoms with Crippen LogP contribution in [0.3, 0.4) is 0 Å². The normalized spacial score (nSPS) is 13.0. The maximum atomic E-state index is 13.4. The summed E-state index contributed by atoms with van der Waals surface area (Å²) in [5.74, 6) is -2.41. The molecule has 0 spiro atoms. The first-order chi connectivity index (χ1) is 13.6. The number of aromatic nitrogens is 1. The van der Waals surface area contributed by atoms with Gasteiger partial charge in [0, 0.05) is 24.2 Å². The highest BCUT2D eigenvalue weighted by Crippen LogP contribution is 2.34. The lowest BCUT2D eigenvalue weighted by Crippen LogP contribution is -2.10. The molecule has 0 N–H and O–H groups in total. The predicted octanol–water partition coefficient (Wildman–Crippen LogP) is 7.43. The van der Waals surface area contributed by atoms with Crippen LogP contribution in [-0.2, 0) is 6.42 Å². The Labute approximate surface area is 173 Å². The van der Waals surface area contributed by atoms with Crippen molar-refractivity contribution in [3.63, 3.8) is 0 Å². The molecule has 0 radical (unpaired) electrons. The highest BCUT2D eigenvalue weighted by molar-refractivity contribution is 5.61. The second-order valence-electron chi connectivity index (χ2n) is 8.22. The molecule has 1 heterocycles. The molecule has 0 amide bonds. The third-order valence-corrected chi connectivity index (χ3v) is 4.90. The Morgan fingerprint density at radius 1 is 1.17 bits per heavy atom. The molecule has 0 aliphatic carbocycles. The van der Waals surface area contributed by atoms with E-state index in [-0.39, 0.29) is 12.3 Å². The molecule has 1 nitrogen and oxygen atoms in total. The number of allylic oxidation sites excluding steroid dienone is 2. The lowest BCUT2D eigenvalue weighted by Gasteiger charge is -2.23. The van der Waals surface area contributed by atoms with Gasteiger partial charge in [0.2, 0.25) is 5.92 Å². The quantitative estimate of drug-likeness (QED) is 0.334. The molecule has 0 saturated heterocycles. The summed E-state index contributed by atoms with van der Waals surface area (Å²) in [6.07, 6.45) is 7.85. The van der Waals surface area contributed by atoms with Crippen LogP contribution in [0.1, 0.15) is 66.6 Å². The topological polar surface area (TPSA) is 12.9 Å². The monoisotopic (exact) mass is 395 g/mol. The first-order valence-corrected chi connectivity index (χ1v) is 10.1. The smallest absolute Gasteiger partial charge is 0.248 e. The predicted molar refractivity (Wildman–Crippen MR) is 119 cm³/mol. The first-order valence-electron chi connectivity index (χ1n) is 10.1. The number of benzene rings is 1. The van der Waals surface area contributed by atoms with Crippen LogP contribution in [-0.4, -0.2) is 10.9 Å². The molecule has 1 atom stereocenters. The Kier molecular flexibility index (Phi) is 7.70. The minimum atomic E-state index is -2.72. The SMILES string of the molecule is C=C=Cc1c(C)ccc(C(/C=C\CC(C)(F)F)c2ccc(C)nc2)c1CC(C)C. The van der Waals surface area contributed by atoms with Gasteiger partial charge in [0.05, 0.1) is 0 Å². The summed E-state index contributed by atoms with van der Waals surface area (Å²) in [5.41, 5.74) is 9.44. The van der Waals surface area contributed by atoms with Gasteiger partial charge in [-0.05, 0) is 73.1 Å². The van der Waals surface area contributed by atoms with Crippen LogP contribution in [0.2, 0.25) is 0 Å². The van der Waals surface area contributed by atoms with Gasteiger partial charge in [0.1, 0.15) is 0 Å². The largest absolute Gasteiger partial charge is 0.261 e. The zero-order chi connectivity index (χ0) is 21.6. The number of aryl methyl sites for hydroxylation is 2. The molecule has 1 aromatic carbocycles. The van der Waals surface area contributed by atoms with Crippen LogP contribution in [0.4, 0.5) is 8.78 Å². The van der Waals surface area contributed by atoms with Gasteiger partial charge in [0.25, 0.3) is 0 Å². The first kappa shape index (κ1) is 22.8. The number of alkyl halides is 2. The maximum Gasteiger partial charge on any atom is 0.248 e.